The van der Waals surface area contributed by atoms with Crippen LogP contribution in [0.5, 0.6) is 0 Å². The summed E-state index contributed by atoms with van der Waals surface area (Å²) in [5.41, 5.74) is 0.666. The monoisotopic (exact) mass is 392 g/mol. The molecule has 2 fully saturated rings. The van der Waals surface area contributed by atoms with Gasteiger partial charge >= 0.3 is 0 Å². The zero-order valence-electron chi connectivity index (χ0n) is 13.9. The molecule has 2 heteroatoms. The van der Waals surface area contributed by atoms with E-state index in [1.807, 2.05) is 0 Å². The molecule has 1 nitrogen and oxygen atoms in total. The van der Waals surface area contributed by atoms with Gasteiger partial charge in [0.25, 0.3) is 0 Å². The first-order valence-electron chi connectivity index (χ1n) is 8.62. The zero-order valence-corrected chi connectivity index (χ0v) is 16.0. The van der Waals surface area contributed by atoms with Crippen LogP contribution < -0.4 is 0 Å². The van der Waals surface area contributed by atoms with Crippen molar-refractivity contribution in [1.29, 1.82) is 0 Å². The average molecular weight is 392 g/mol. The molecule has 0 aromatic carbocycles. The molecule has 0 N–H and O–H groups in total. The van der Waals surface area contributed by atoms with Crippen LogP contribution in [-0.2, 0) is 4.74 Å². The van der Waals surface area contributed by atoms with E-state index >= 15 is 0 Å². The summed E-state index contributed by atoms with van der Waals surface area (Å²) in [6.07, 6.45) is 11.1. The third-order valence-electron chi connectivity index (χ3n) is 5.60. The van der Waals surface area contributed by atoms with Crippen molar-refractivity contribution < 1.29 is 4.74 Å². The second kappa shape index (κ2) is 6.85. The van der Waals surface area contributed by atoms with Gasteiger partial charge in [-0.25, -0.2) is 0 Å². The molecule has 2 aliphatic carbocycles. The maximum Gasteiger partial charge on any atom is 0.0775 e. The first kappa shape index (κ1) is 17.1. The summed E-state index contributed by atoms with van der Waals surface area (Å²) in [6, 6.07) is 0. The molecule has 0 aromatic heterocycles. The minimum absolute atomic E-state index is 0.198. The van der Waals surface area contributed by atoms with Gasteiger partial charge < -0.3 is 4.74 Å². The van der Waals surface area contributed by atoms with Gasteiger partial charge in [-0.05, 0) is 62.2 Å². The normalized spacial score (nSPS) is 41.5. The zero-order chi connectivity index (χ0) is 14.8. The fourth-order valence-corrected chi connectivity index (χ4v) is 5.54. The van der Waals surface area contributed by atoms with Crippen molar-refractivity contribution in [2.24, 2.45) is 17.3 Å². The van der Waals surface area contributed by atoms with Gasteiger partial charge in [-0.2, -0.15) is 0 Å². The Labute approximate surface area is 139 Å². The average Bonchev–Trinajstić information content (AvgIpc) is 2.37. The Morgan fingerprint density at radius 2 is 1.80 bits per heavy atom. The van der Waals surface area contributed by atoms with Crippen LogP contribution in [-0.4, -0.2) is 16.1 Å². The molecule has 0 amide bonds. The molecule has 2 atom stereocenters. The Bertz CT molecular complexity index is 305. The highest BCUT2D eigenvalue weighted by Crippen LogP contribution is 2.44. The second-order valence-corrected chi connectivity index (χ2v) is 9.08. The Kier molecular flexibility index (Phi) is 5.84. The molecule has 2 rings (SSSR count). The molecule has 0 bridgehead atoms. The van der Waals surface area contributed by atoms with Crippen LogP contribution in [0.3, 0.4) is 0 Å². The van der Waals surface area contributed by atoms with Gasteiger partial charge in [0.2, 0.25) is 0 Å². The van der Waals surface area contributed by atoms with Crippen LogP contribution in [0.4, 0.5) is 0 Å². The fraction of sp³-hybridized carbons (Fsp3) is 1.00. The van der Waals surface area contributed by atoms with E-state index in [0.717, 1.165) is 11.8 Å². The van der Waals surface area contributed by atoms with Gasteiger partial charge in [0.1, 0.15) is 0 Å². The van der Waals surface area contributed by atoms with Gasteiger partial charge in [0.15, 0.2) is 0 Å². The standard InChI is InChI=1S/C18H33IO/c1-5-15-6-8-18(13-19,9-7-15)20-16-10-14(2)11-17(3,4)12-16/h14-16H,5-13H2,1-4H3. The number of halogens is 1. The summed E-state index contributed by atoms with van der Waals surface area (Å²) < 4.78 is 7.93. The van der Waals surface area contributed by atoms with E-state index in [9.17, 15) is 0 Å². The minimum Gasteiger partial charge on any atom is -0.371 e. The van der Waals surface area contributed by atoms with Crippen LogP contribution >= 0.6 is 22.6 Å². The van der Waals surface area contributed by atoms with E-state index in [2.05, 4.69) is 50.3 Å². The lowest BCUT2D eigenvalue weighted by atomic mass is 9.71. The van der Waals surface area contributed by atoms with Crippen molar-refractivity contribution in [3.8, 4) is 0 Å². The van der Waals surface area contributed by atoms with Gasteiger partial charge in [-0.15, -0.1) is 0 Å². The summed E-state index contributed by atoms with van der Waals surface area (Å²) in [4.78, 5) is 0. The molecular weight excluding hydrogens is 359 g/mol. The Morgan fingerprint density at radius 1 is 1.15 bits per heavy atom. The Morgan fingerprint density at radius 3 is 2.30 bits per heavy atom. The minimum atomic E-state index is 0.198. The van der Waals surface area contributed by atoms with Gasteiger partial charge in [0, 0.05) is 4.43 Å². The van der Waals surface area contributed by atoms with Gasteiger partial charge in [0.05, 0.1) is 11.7 Å². The van der Waals surface area contributed by atoms with E-state index in [-0.39, 0.29) is 5.60 Å². The molecule has 0 aliphatic heterocycles. The van der Waals surface area contributed by atoms with Crippen LogP contribution in [0.1, 0.15) is 79.1 Å². The predicted molar refractivity (Wildman–Crippen MR) is 95.5 cm³/mol. The maximum absolute atomic E-state index is 6.76. The van der Waals surface area contributed by atoms with E-state index in [4.69, 9.17) is 4.74 Å². The first-order chi connectivity index (χ1) is 9.38. The quantitative estimate of drug-likeness (QED) is 0.422. The van der Waals surface area contributed by atoms with Gasteiger partial charge in [-0.1, -0.05) is 56.7 Å². The molecular formula is C18H33IO. The molecule has 2 saturated carbocycles. The number of rotatable bonds is 4. The van der Waals surface area contributed by atoms with Crippen molar-refractivity contribution >= 4 is 22.6 Å². The fourth-order valence-electron chi connectivity index (χ4n) is 4.60. The van der Waals surface area contributed by atoms with Crippen molar-refractivity contribution in [1.82, 2.24) is 0 Å². The van der Waals surface area contributed by atoms with Crippen molar-refractivity contribution in [2.45, 2.75) is 90.8 Å². The third-order valence-corrected chi connectivity index (χ3v) is 6.99. The third kappa shape index (κ3) is 4.34. The molecule has 20 heavy (non-hydrogen) atoms. The van der Waals surface area contributed by atoms with E-state index in [1.54, 1.807) is 0 Å². The lowest BCUT2D eigenvalue weighted by molar-refractivity contribution is -0.133. The van der Waals surface area contributed by atoms with Crippen LogP contribution in [0.2, 0.25) is 0 Å². The Hall–Kier alpha value is 0.690. The number of alkyl halides is 1. The summed E-state index contributed by atoms with van der Waals surface area (Å²) >= 11 is 2.56. The van der Waals surface area contributed by atoms with E-state index in [1.165, 1.54) is 55.8 Å². The second-order valence-electron chi connectivity index (χ2n) is 8.32. The van der Waals surface area contributed by atoms with Crippen LogP contribution in [0, 0.1) is 17.3 Å². The molecule has 0 aromatic rings. The number of ether oxygens (including phenoxy) is 1. The topological polar surface area (TPSA) is 9.23 Å². The highest BCUT2D eigenvalue weighted by molar-refractivity contribution is 14.1. The van der Waals surface area contributed by atoms with Crippen molar-refractivity contribution in [3.05, 3.63) is 0 Å². The predicted octanol–water partition coefficient (Wildman–Crippen LogP) is 5.99. The molecule has 118 valence electrons. The van der Waals surface area contributed by atoms with E-state index < -0.39 is 0 Å². The van der Waals surface area contributed by atoms with Crippen LogP contribution in [0.15, 0.2) is 0 Å². The van der Waals surface area contributed by atoms with Crippen molar-refractivity contribution in [3.63, 3.8) is 0 Å². The number of hydrogen-bond donors (Lipinski definition) is 0. The smallest absolute Gasteiger partial charge is 0.0775 e. The molecule has 0 saturated heterocycles. The van der Waals surface area contributed by atoms with Crippen molar-refractivity contribution in [2.75, 3.05) is 4.43 Å². The maximum atomic E-state index is 6.76. The molecule has 0 heterocycles. The highest BCUT2D eigenvalue weighted by Gasteiger charge is 2.40. The molecule has 2 unspecified atom stereocenters. The van der Waals surface area contributed by atoms with Gasteiger partial charge in [-0.3, -0.25) is 0 Å². The highest BCUT2D eigenvalue weighted by atomic mass is 127. The number of hydrogen-bond acceptors (Lipinski definition) is 1. The summed E-state index contributed by atoms with van der Waals surface area (Å²) in [5, 5.41) is 0. The summed E-state index contributed by atoms with van der Waals surface area (Å²) in [6.45, 7) is 9.59. The SMILES string of the molecule is CCC1CCC(CI)(OC2CC(C)CC(C)(C)C2)CC1. The van der Waals surface area contributed by atoms with E-state index in [0.29, 0.717) is 11.5 Å². The lowest BCUT2D eigenvalue weighted by Crippen LogP contribution is -2.45. The summed E-state index contributed by atoms with van der Waals surface area (Å²) in [7, 11) is 0. The van der Waals surface area contributed by atoms with Crippen LogP contribution in [0.25, 0.3) is 0 Å². The lowest BCUT2D eigenvalue weighted by Gasteiger charge is -2.46. The molecule has 0 radical (unpaired) electrons. The molecule has 0 spiro atoms. The first-order valence-corrected chi connectivity index (χ1v) is 10.1. The summed E-state index contributed by atoms with van der Waals surface area (Å²) in [5.74, 6) is 1.78. The molecule has 2 aliphatic rings. The Balaban J connectivity index is 1.96. The largest absolute Gasteiger partial charge is 0.371 e.